The zero-order valence-corrected chi connectivity index (χ0v) is 30.8. The van der Waals surface area contributed by atoms with Gasteiger partial charge in [-0.05, 0) is 75.1 Å². The summed E-state index contributed by atoms with van der Waals surface area (Å²) in [5.41, 5.74) is 4.06. The molecule has 51 heavy (non-hydrogen) atoms. The zero-order valence-electron chi connectivity index (χ0n) is 30.8. The molecule has 272 valence electrons. The van der Waals surface area contributed by atoms with Crippen LogP contribution in [-0.2, 0) is 31.3 Å². The van der Waals surface area contributed by atoms with Gasteiger partial charge in [-0.2, -0.15) is 9.49 Å². The first-order chi connectivity index (χ1) is 24.0. The molecule has 0 aliphatic heterocycles. The highest BCUT2D eigenvalue weighted by Crippen LogP contribution is 2.37. The van der Waals surface area contributed by atoms with Crippen LogP contribution in [0.4, 0.5) is 13.6 Å². The molecule has 0 saturated heterocycles. The van der Waals surface area contributed by atoms with E-state index in [0.717, 1.165) is 22.9 Å². The molecule has 5 aromatic rings. The van der Waals surface area contributed by atoms with Crippen LogP contribution in [0.5, 0.6) is 11.5 Å². The monoisotopic (exact) mass is 703 g/mol. The van der Waals surface area contributed by atoms with Crippen LogP contribution in [0.25, 0.3) is 16.8 Å². The molecular weight excluding hydrogens is 656 g/mol. The second-order valence-electron chi connectivity index (χ2n) is 14.8. The number of hydrogen-bond acceptors (Lipinski definition) is 7. The summed E-state index contributed by atoms with van der Waals surface area (Å²) in [6, 6.07) is 13.5. The number of benzene rings is 2. The van der Waals surface area contributed by atoms with Crippen molar-refractivity contribution < 1.29 is 32.9 Å². The Bertz CT molecular complexity index is 2010. The van der Waals surface area contributed by atoms with Gasteiger partial charge in [-0.25, -0.2) is 14.2 Å². The van der Waals surface area contributed by atoms with Gasteiger partial charge in [-0.15, -0.1) is 0 Å². The molecule has 1 amide bonds. The number of methoxy groups -OCH3 is 1. The maximum absolute atomic E-state index is 15.5. The van der Waals surface area contributed by atoms with Crippen molar-refractivity contribution in [2.24, 2.45) is 12.5 Å². The normalized spacial score (nSPS) is 12.6. The average molecular weight is 704 g/mol. The molecule has 10 nitrogen and oxygen atoms in total. The summed E-state index contributed by atoms with van der Waals surface area (Å²) in [4.78, 5) is 19.5. The van der Waals surface area contributed by atoms with Gasteiger partial charge < -0.3 is 23.7 Å². The number of aliphatic hydroxyl groups excluding tert-OH is 1. The molecule has 0 saturated carbocycles. The van der Waals surface area contributed by atoms with E-state index in [-0.39, 0.29) is 25.4 Å². The Morgan fingerprint density at radius 3 is 2.35 bits per heavy atom. The first-order valence-corrected chi connectivity index (χ1v) is 16.8. The van der Waals surface area contributed by atoms with E-state index in [1.807, 2.05) is 77.1 Å². The standard InChI is InChI=1S/C39H47F2N5O5/c1-24-29(34(43-44(24)8)36(47)38(2,3)4)18-19-50-35-30(15-16-31(40)33(35)41)26-12-17-32-42-20-27(46(32)22-26)23-45(37(48)51-39(5,6)7)21-25-10-13-28(49-9)14-11-25/h10-17,20,22,36,47H,18-19,21,23H2,1-9H3. The molecule has 12 heteroatoms. The summed E-state index contributed by atoms with van der Waals surface area (Å²) < 4.78 is 50.7. The number of aliphatic hydroxyl groups is 1. The predicted octanol–water partition coefficient (Wildman–Crippen LogP) is 7.97. The molecule has 0 fully saturated rings. The topological polar surface area (TPSA) is 103 Å². The van der Waals surface area contributed by atoms with Crippen LogP contribution in [0, 0.1) is 24.0 Å². The van der Waals surface area contributed by atoms with Gasteiger partial charge in [-0.3, -0.25) is 9.58 Å². The summed E-state index contributed by atoms with van der Waals surface area (Å²) in [6.45, 7) is 13.5. The minimum Gasteiger partial charge on any atom is -0.497 e. The predicted molar refractivity (Wildman–Crippen MR) is 191 cm³/mol. The lowest BCUT2D eigenvalue weighted by Gasteiger charge is -2.27. The van der Waals surface area contributed by atoms with Crippen LogP contribution >= 0.6 is 0 Å². The van der Waals surface area contributed by atoms with E-state index in [0.29, 0.717) is 40.3 Å². The molecule has 0 radical (unpaired) electrons. The van der Waals surface area contributed by atoms with Crippen molar-refractivity contribution in [1.29, 1.82) is 0 Å². The first-order valence-electron chi connectivity index (χ1n) is 16.8. The third kappa shape index (κ3) is 8.50. The Kier molecular flexibility index (Phi) is 10.8. The molecule has 0 spiro atoms. The Labute approximate surface area is 297 Å². The summed E-state index contributed by atoms with van der Waals surface area (Å²) >= 11 is 0. The van der Waals surface area contributed by atoms with E-state index in [4.69, 9.17) is 14.2 Å². The molecule has 0 bridgehead atoms. The first kappa shape index (κ1) is 37.3. The number of halogens is 2. The largest absolute Gasteiger partial charge is 0.497 e. The number of carbonyl (C=O) groups is 1. The van der Waals surface area contributed by atoms with E-state index in [9.17, 15) is 14.3 Å². The number of aromatic nitrogens is 4. The van der Waals surface area contributed by atoms with Gasteiger partial charge in [-0.1, -0.05) is 32.9 Å². The molecule has 0 aliphatic rings. The highest BCUT2D eigenvalue weighted by atomic mass is 19.2. The van der Waals surface area contributed by atoms with Crippen molar-refractivity contribution in [1.82, 2.24) is 24.1 Å². The fraction of sp³-hybridized carbons (Fsp3) is 0.410. The van der Waals surface area contributed by atoms with E-state index < -0.39 is 34.8 Å². The average Bonchev–Trinajstić information content (AvgIpc) is 3.60. The van der Waals surface area contributed by atoms with Gasteiger partial charge in [0, 0.05) is 48.6 Å². The second-order valence-corrected chi connectivity index (χ2v) is 14.8. The summed E-state index contributed by atoms with van der Waals surface area (Å²) in [6.07, 6.45) is 2.43. The van der Waals surface area contributed by atoms with E-state index in [1.165, 1.54) is 6.07 Å². The number of rotatable bonds is 11. The third-order valence-electron chi connectivity index (χ3n) is 8.65. The van der Waals surface area contributed by atoms with Crippen LogP contribution in [0.2, 0.25) is 0 Å². The Morgan fingerprint density at radius 1 is 1.00 bits per heavy atom. The maximum atomic E-state index is 15.5. The van der Waals surface area contributed by atoms with Crippen molar-refractivity contribution >= 4 is 11.7 Å². The van der Waals surface area contributed by atoms with Gasteiger partial charge >= 0.3 is 6.09 Å². The molecule has 3 aromatic heterocycles. The maximum Gasteiger partial charge on any atom is 0.410 e. The smallest absolute Gasteiger partial charge is 0.410 e. The van der Waals surface area contributed by atoms with Crippen molar-refractivity contribution in [2.45, 2.75) is 79.7 Å². The number of fused-ring (bicyclic) bond motifs is 1. The highest BCUT2D eigenvalue weighted by molar-refractivity contribution is 5.72. The van der Waals surface area contributed by atoms with Crippen LogP contribution in [0.3, 0.4) is 0 Å². The van der Waals surface area contributed by atoms with E-state index in [2.05, 4.69) is 10.1 Å². The number of pyridine rings is 1. The van der Waals surface area contributed by atoms with Gasteiger partial charge in [0.25, 0.3) is 0 Å². The van der Waals surface area contributed by atoms with Gasteiger partial charge in [0.15, 0.2) is 11.6 Å². The Hall–Kier alpha value is -4.97. The minimum atomic E-state index is -1.10. The van der Waals surface area contributed by atoms with E-state index in [1.54, 1.807) is 48.3 Å². The van der Waals surface area contributed by atoms with Crippen LogP contribution < -0.4 is 9.47 Å². The van der Waals surface area contributed by atoms with Gasteiger partial charge in [0.1, 0.15) is 23.1 Å². The number of carbonyl (C=O) groups excluding carboxylic acids is 1. The van der Waals surface area contributed by atoms with Crippen molar-refractivity contribution in [3.8, 4) is 22.6 Å². The molecule has 1 atom stereocenters. The highest BCUT2D eigenvalue weighted by Gasteiger charge is 2.30. The second kappa shape index (κ2) is 14.7. The fourth-order valence-corrected chi connectivity index (χ4v) is 5.74. The van der Waals surface area contributed by atoms with Crippen LogP contribution in [0.1, 0.15) is 75.9 Å². The molecule has 2 aromatic carbocycles. The van der Waals surface area contributed by atoms with Gasteiger partial charge in [0.05, 0.1) is 37.8 Å². The number of hydrogen-bond donors (Lipinski definition) is 1. The quantitative estimate of drug-likeness (QED) is 0.149. The lowest BCUT2D eigenvalue weighted by atomic mass is 9.85. The zero-order chi connectivity index (χ0) is 37.2. The van der Waals surface area contributed by atoms with Gasteiger partial charge in [0.2, 0.25) is 5.82 Å². The third-order valence-corrected chi connectivity index (χ3v) is 8.65. The van der Waals surface area contributed by atoms with Crippen molar-refractivity contribution in [3.05, 3.63) is 101 Å². The molecule has 5 rings (SSSR count). The lowest BCUT2D eigenvalue weighted by Crippen LogP contribution is -2.36. The summed E-state index contributed by atoms with van der Waals surface area (Å²) in [5, 5.41) is 15.6. The number of imidazole rings is 1. The molecule has 0 aliphatic carbocycles. The summed E-state index contributed by atoms with van der Waals surface area (Å²) in [7, 11) is 3.39. The molecule has 3 heterocycles. The molecule has 1 unspecified atom stereocenters. The molecular formula is C39H47F2N5O5. The van der Waals surface area contributed by atoms with Crippen molar-refractivity contribution in [3.63, 3.8) is 0 Å². The number of aryl methyl sites for hydroxylation is 1. The molecule has 1 N–H and O–H groups in total. The van der Waals surface area contributed by atoms with Crippen molar-refractivity contribution in [2.75, 3.05) is 13.7 Å². The number of ether oxygens (including phenoxy) is 3. The Balaban J connectivity index is 1.44. The number of nitrogens with zero attached hydrogens (tertiary/aromatic N) is 5. The fourth-order valence-electron chi connectivity index (χ4n) is 5.74. The Morgan fingerprint density at radius 2 is 1.71 bits per heavy atom. The van der Waals surface area contributed by atoms with E-state index >= 15 is 4.39 Å². The summed E-state index contributed by atoms with van der Waals surface area (Å²) in [5.74, 6) is -1.67. The minimum absolute atomic E-state index is 0.0124. The SMILES string of the molecule is COc1ccc(CN(Cc2cnc3ccc(-c4ccc(F)c(F)c4OCCc4c(C(O)C(C)(C)C)nn(C)c4C)cn23)C(=O)OC(C)(C)C)cc1. The van der Waals surface area contributed by atoms with Crippen LogP contribution in [-0.4, -0.2) is 54.6 Å². The van der Waals surface area contributed by atoms with Crippen LogP contribution in [0.15, 0.2) is 60.9 Å². The lowest BCUT2D eigenvalue weighted by molar-refractivity contribution is 0.0213. The number of amides is 1.